The molecule has 37 heavy (non-hydrogen) atoms. The van der Waals surface area contributed by atoms with E-state index in [0.29, 0.717) is 18.4 Å². The molecule has 3 aromatic carbocycles. The Labute approximate surface area is 215 Å². The fraction of sp³-hybridized carbons (Fsp3) is 0.167. The minimum Gasteiger partial charge on any atom is -0.341 e. The summed E-state index contributed by atoms with van der Waals surface area (Å²) < 4.78 is 108. The largest absolute Gasteiger partial charge is 0.416 e. The average Bonchev–Trinajstić information content (AvgIpc) is 3.15. The molecule has 4 rings (SSSR count). The van der Waals surface area contributed by atoms with Crippen LogP contribution in [0.15, 0.2) is 48.5 Å². The zero-order chi connectivity index (χ0) is 29.1. The van der Waals surface area contributed by atoms with Gasteiger partial charge < -0.3 is 10.6 Å². The van der Waals surface area contributed by atoms with E-state index in [2.05, 4.69) is 10.6 Å². The quantitative estimate of drug-likeness (QED) is 0.416. The fourth-order valence-corrected chi connectivity index (χ4v) is 4.63. The second-order valence-electron chi connectivity index (χ2n) is 8.11. The number of anilines is 1. The van der Waals surface area contributed by atoms with E-state index in [4.69, 9.17) is 14.3 Å². The lowest BCUT2D eigenvalue weighted by molar-refractivity contribution is -0.137. The summed E-state index contributed by atoms with van der Waals surface area (Å²) in [7, 11) is -4.45. The fourth-order valence-electron chi connectivity index (χ4n) is 3.86. The number of halogens is 6. The number of rotatable bonds is 5. The Morgan fingerprint density at radius 2 is 1.81 bits per heavy atom. The molecule has 0 aliphatic carbocycles. The highest BCUT2D eigenvalue weighted by molar-refractivity contribution is 7.89. The predicted molar refractivity (Wildman–Crippen MR) is 125 cm³/mol. The van der Waals surface area contributed by atoms with Crippen LogP contribution >= 0.6 is 11.6 Å². The minimum atomic E-state index is -4.99. The molecule has 0 unspecified atom stereocenters. The van der Waals surface area contributed by atoms with E-state index in [1.54, 1.807) is 0 Å². The number of carbonyl (C=O) groups is 2. The van der Waals surface area contributed by atoms with Crippen molar-refractivity contribution in [1.82, 2.24) is 5.32 Å². The number of sulfone groups is 1. The monoisotopic (exact) mass is 560 g/mol. The van der Waals surface area contributed by atoms with Crippen LogP contribution in [0.3, 0.4) is 0 Å². The number of alkyl halides is 3. The van der Waals surface area contributed by atoms with E-state index in [1.807, 2.05) is 0 Å². The SMILES string of the molecule is [2H]C([2H])(c1cc(NC(=O)c2cc(F)cc(C(F)(F)F)c2)c2c(c1)C(=O)N[C@H]2c1cc(F)ccc1Cl)S(C)(=O)=O. The molecule has 2 amide bonds. The van der Waals surface area contributed by atoms with Crippen molar-refractivity contribution in [3.8, 4) is 0 Å². The molecule has 1 aliphatic rings. The van der Waals surface area contributed by atoms with Gasteiger partial charge in [0.15, 0.2) is 9.84 Å². The van der Waals surface area contributed by atoms with Gasteiger partial charge in [0.1, 0.15) is 11.6 Å². The van der Waals surface area contributed by atoms with Gasteiger partial charge in [0.05, 0.1) is 17.3 Å². The standard InChI is InChI=1S/C24H16ClF5N2O4S/c1-37(35,36)10-11-4-17-20(21(32-23(17)34)16-9-14(26)2-3-18(16)25)19(5-11)31-22(33)12-6-13(24(28,29)30)8-15(27)7-12/h2-9,21H,10H2,1H3,(H,31,33)(H,32,34)/t21-/m0/s1/i10D2. The Balaban J connectivity index is 1.92. The Kier molecular flexibility index (Phi) is 6.07. The maximum atomic E-state index is 14.0. The summed E-state index contributed by atoms with van der Waals surface area (Å²) in [5.41, 5.74) is -6.68. The molecule has 2 N–H and O–H groups in total. The highest BCUT2D eigenvalue weighted by Gasteiger charge is 2.36. The molecule has 0 saturated heterocycles. The van der Waals surface area contributed by atoms with E-state index < -0.39 is 73.6 Å². The lowest BCUT2D eigenvalue weighted by Gasteiger charge is -2.19. The second-order valence-corrected chi connectivity index (χ2v) is 10.3. The summed E-state index contributed by atoms with van der Waals surface area (Å²) in [6.45, 7) is 0. The van der Waals surface area contributed by atoms with Crippen LogP contribution < -0.4 is 10.6 Å². The number of amides is 2. The van der Waals surface area contributed by atoms with Gasteiger partial charge in [0, 0.05) is 42.0 Å². The molecule has 1 aliphatic heterocycles. The third-order valence-corrected chi connectivity index (χ3v) is 6.25. The van der Waals surface area contributed by atoms with Crippen LogP contribution in [0.4, 0.5) is 27.6 Å². The molecule has 6 nitrogen and oxygen atoms in total. The first-order chi connectivity index (χ1) is 17.9. The first-order valence-corrected chi connectivity index (χ1v) is 12.5. The normalized spacial score (nSPS) is 16.5. The number of benzene rings is 3. The van der Waals surface area contributed by atoms with Gasteiger partial charge in [-0.15, -0.1) is 0 Å². The topological polar surface area (TPSA) is 92.3 Å². The van der Waals surface area contributed by atoms with Crippen LogP contribution in [-0.4, -0.2) is 26.5 Å². The predicted octanol–water partition coefficient (Wildman–Crippen LogP) is 5.27. The van der Waals surface area contributed by atoms with Crippen LogP contribution in [0.1, 0.15) is 51.8 Å². The molecule has 0 saturated carbocycles. The Hall–Kier alpha value is -3.51. The highest BCUT2D eigenvalue weighted by atomic mass is 35.5. The van der Waals surface area contributed by atoms with Gasteiger partial charge in [-0.2, -0.15) is 13.2 Å². The molecule has 0 bridgehead atoms. The lowest BCUT2D eigenvalue weighted by atomic mass is 9.94. The third-order valence-electron chi connectivity index (χ3n) is 5.30. The van der Waals surface area contributed by atoms with Gasteiger partial charge in [0.25, 0.3) is 11.8 Å². The van der Waals surface area contributed by atoms with Crippen molar-refractivity contribution < 1.29 is 42.7 Å². The molecular weight excluding hydrogens is 543 g/mol. The van der Waals surface area contributed by atoms with Crippen molar-refractivity contribution in [2.75, 3.05) is 11.6 Å². The number of hydrogen-bond donors (Lipinski definition) is 2. The zero-order valence-electron chi connectivity index (χ0n) is 20.5. The number of nitrogens with one attached hydrogen (secondary N) is 2. The van der Waals surface area contributed by atoms with Gasteiger partial charge >= 0.3 is 6.18 Å². The smallest absolute Gasteiger partial charge is 0.341 e. The van der Waals surface area contributed by atoms with E-state index in [9.17, 15) is 40.0 Å². The molecule has 1 atom stereocenters. The van der Waals surface area contributed by atoms with Gasteiger partial charge in [-0.1, -0.05) is 11.6 Å². The van der Waals surface area contributed by atoms with Gasteiger partial charge in [-0.25, -0.2) is 17.2 Å². The minimum absolute atomic E-state index is 0.0117. The number of carbonyl (C=O) groups excluding carboxylic acids is 2. The number of fused-ring (bicyclic) bond motifs is 1. The molecule has 3 aromatic rings. The van der Waals surface area contributed by atoms with Gasteiger partial charge in [-0.3, -0.25) is 9.59 Å². The maximum absolute atomic E-state index is 14.0. The van der Waals surface area contributed by atoms with Gasteiger partial charge in [-0.05, 0) is 54.1 Å². The van der Waals surface area contributed by atoms with Crippen LogP contribution in [0.2, 0.25) is 5.02 Å². The van der Waals surface area contributed by atoms with Crippen molar-refractivity contribution in [2.45, 2.75) is 17.9 Å². The average molecular weight is 561 g/mol. The van der Waals surface area contributed by atoms with E-state index >= 15 is 0 Å². The van der Waals surface area contributed by atoms with Crippen LogP contribution in [0, 0.1) is 11.6 Å². The summed E-state index contributed by atoms with van der Waals surface area (Å²) >= 11 is 6.19. The Morgan fingerprint density at radius 1 is 1.11 bits per heavy atom. The van der Waals surface area contributed by atoms with Gasteiger partial charge in [0.2, 0.25) is 0 Å². The summed E-state index contributed by atoms with van der Waals surface area (Å²) in [6, 6.07) is 4.87. The first kappa shape index (κ1) is 23.9. The Bertz CT molecular complexity index is 1650. The maximum Gasteiger partial charge on any atom is 0.416 e. The molecule has 194 valence electrons. The highest BCUT2D eigenvalue weighted by Crippen LogP contribution is 2.40. The van der Waals surface area contributed by atoms with Crippen LogP contribution in [0.5, 0.6) is 0 Å². The summed E-state index contributed by atoms with van der Waals surface area (Å²) in [6.07, 6.45) is -4.39. The Morgan fingerprint density at radius 3 is 2.46 bits per heavy atom. The molecule has 1 heterocycles. The lowest BCUT2D eigenvalue weighted by Crippen LogP contribution is -2.21. The summed E-state index contributed by atoms with van der Waals surface area (Å²) in [4.78, 5) is 25.9. The van der Waals surface area contributed by atoms with Crippen molar-refractivity contribution in [3.05, 3.63) is 98.6 Å². The molecule has 0 spiro atoms. The second kappa shape index (κ2) is 9.42. The van der Waals surface area contributed by atoms with Crippen molar-refractivity contribution in [1.29, 1.82) is 0 Å². The van der Waals surface area contributed by atoms with Crippen molar-refractivity contribution in [3.63, 3.8) is 0 Å². The van der Waals surface area contributed by atoms with Crippen molar-refractivity contribution in [2.24, 2.45) is 0 Å². The molecule has 0 fully saturated rings. The zero-order valence-corrected chi connectivity index (χ0v) is 20.1. The first-order valence-electron chi connectivity index (χ1n) is 11.2. The van der Waals surface area contributed by atoms with E-state index in [0.717, 1.165) is 24.3 Å². The molecule has 13 heteroatoms. The van der Waals surface area contributed by atoms with E-state index in [-0.39, 0.29) is 27.8 Å². The molecular formula is C24H16ClF5N2O4S. The van der Waals surface area contributed by atoms with Crippen LogP contribution in [0.25, 0.3) is 0 Å². The number of hydrogen-bond acceptors (Lipinski definition) is 4. The van der Waals surface area contributed by atoms with Crippen LogP contribution in [-0.2, 0) is 21.7 Å². The third kappa shape index (κ3) is 5.75. The summed E-state index contributed by atoms with van der Waals surface area (Å²) in [5.74, 6) is -4.26. The van der Waals surface area contributed by atoms with Crippen molar-refractivity contribution >= 4 is 38.9 Å². The summed E-state index contributed by atoms with van der Waals surface area (Å²) in [5, 5.41) is 4.70. The van der Waals surface area contributed by atoms with E-state index in [1.165, 1.54) is 6.07 Å². The molecule has 0 radical (unpaired) electrons. The molecule has 0 aromatic heterocycles.